The molecule has 0 aromatic carbocycles. The van der Waals surface area contributed by atoms with Crippen molar-refractivity contribution in [3.8, 4) is 0 Å². The highest BCUT2D eigenvalue weighted by atomic mass is 19.2. The summed E-state index contributed by atoms with van der Waals surface area (Å²) in [5, 5.41) is 0. The van der Waals surface area contributed by atoms with Gasteiger partial charge in [0.05, 0.1) is 0 Å². The SMILES string of the molecule is CCC(F)[C@H](F)C(F)C(C)F. The van der Waals surface area contributed by atoms with Crippen molar-refractivity contribution in [1.82, 2.24) is 0 Å². The molecule has 0 aliphatic carbocycles. The van der Waals surface area contributed by atoms with Gasteiger partial charge in [-0.1, -0.05) is 6.92 Å². The van der Waals surface area contributed by atoms with Gasteiger partial charge in [-0.3, -0.25) is 0 Å². The Labute approximate surface area is 63.6 Å². The molecule has 4 atom stereocenters. The second-order valence-corrected chi connectivity index (χ2v) is 2.49. The van der Waals surface area contributed by atoms with Crippen molar-refractivity contribution in [2.45, 2.75) is 45.0 Å². The van der Waals surface area contributed by atoms with Gasteiger partial charge in [0.1, 0.15) is 12.3 Å². The molecule has 0 saturated carbocycles. The molecule has 0 spiro atoms. The Morgan fingerprint density at radius 1 is 1.00 bits per heavy atom. The maximum Gasteiger partial charge on any atom is 0.165 e. The summed E-state index contributed by atoms with van der Waals surface area (Å²) in [6, 6.07) is 0. The molecule has 0 aliphatic heterocycles. The molecule has 3 unspecified atom stereocenters. The summed E-state index contributed by atoms with van der Waals surface area (Å²) in [6.45, 7) is 2.26. The first-order chi connectivity index (χ1) is 5.00. The number of hydrogen-bond acceptors (Lipinski definition) is 0. The lowest BCUT2D eigenvalue weighted by atomic mass is 10.1. The molecule has 4 heteroatoms. The lowest BCUT2D eigenvalue weighted by molar-refractivity contribution is 0.0376. The largest absolute Gasteiger partial charge is 0.244 e. The molecule has 0 fully saturated rings. The van der Waals surface area contributed by atoms with Crippen LogP contribution in [0.3, 0.4) is 0 Å². The van der Waals surface area contributed by atoms with Gasteiger partial charge in [-0.05, 0) is 13.3 Å². The Morgan fingerprint density at radius 3 is 1.73 bits per heavy atom. The zero-order chi connectivity index (χ0) is 9.02. The van der Waals surface area contributed by atoms with E-state index in [9.17, 15) is 17.6 Å². The fourth-order valence-corrected chi connectivity index (χ4v) is 0.678. The van der Waals surface area contributed by atoms with Crippen molar-refractivity contribution < 1.29 is 17.6 Å². The van der Waals surface area contributed by atoms with Crippen LogP contribution in [0.5, 0.6) is 0 Å². The molecule has 0 aromatic rings. The Kier molecular flexibility index (Phi) is 4.45. The van der Waals surface area contributed by atoms with E-state index in [1.54, 1.807) is 0 Å². The van der Waals surface area contributed by atoms with E-state index in [0.29, 0.717) is 0 Å². The molecule has 0 aliphatic rings. The Balaban J connectivity index is 3.90. The zero-order valence-corrected chi connectivity index (χ0v) is 6.53. The third-order valence-electron chi connectivity index (χ3n) is 1.48. The summed E-state index contributed by atoms with van der Waals surface area (Å²) in [4.78, 5) is 0. The molecule has 0 nitrogen and oxygen atoms in total. The predicted octanol–water partition coefficient (Wildman–Crippen LogP) is 2.77. The Bertz CT molecular complexity index is 105. The van der Waals surface area contributed by atoms with Crippen molar-refractivity contribution in [3.63, 3.8) is 0 Å². The van der Waals surface area contributed by atoms with Crippen LogP contribution in [-0.4, -0.2) is 24.7 Å². The van der Waals surface area contributed by atoms with Gasteiger partial charge in [0.2, 0.25) is 0 Å². The van der Waals surface area contributed by atoms with E-state index >= 15 is 0 Å². The van der Waals surface area contributed by atoms with Crippen molar-refractivity contribution in [3.05, 3.63) is 0 Å². The smallest absolute Gasteiger partial charge is 0.165 e. The van der Waals surface area contributed by atoms with E-state index < -0.39 is 24.7 Å². The van der Waals surface area contributed by atoms with E-state index in [-0.39, 0.29) is 6.42 Å². The average molecular weight is 172 g/mol. The number of hydrogen-bond donors (Lipinski definition) is 0. The third-order valence-corrected chi connectivity index (χ3v) is 1.48. The van der Waals surface area contributed by atoms with Gasteiger partial charge < -0.3 is 0 Å². The molecule has 0 bridgehead atoms. The van der Waals surface area contributed by atoms with Crippen LogP contribution in [0, 0.1) is 0 Å². The molecule has 68 valence electrons. The second kappa shape index (κ2) is 4.57. The van der Waals surface area contributed by atoms with Crippen LogP contribution in [-0.2, 0) is 0 Å². The minimum absolute atomic E-state index is 0.131. The molecule has 0 saturated heterocycles. The van der Waals surface area contributed by atoms with E-state index in [1.165, 1.54) is 6.92 Å². The zero-order valence-electron chi connectivity index (χ0n) is 6.53. The van der Waals surface area contributed by atoms with Crippen LogP contribution in [0.25, 0.3) is 0 Å². The molecular formula is C7H12F4. The average Bonchev–Trinajstić information content (AvgIpc) is 2.00. The monoisotopic (exact) mass is 172 g/mol. The topological polar surface area (TPSA) is 0 Å². The van der Waals surface area contributed by atoms with Crippen LogP contribution in [0.1, 0.15) is 20.3 Å². The highest BCUT2D eigenvalue weighted by molar-refractivity contribution is 4.79. The number of alkyl halides is 4. The van der Waals surface area contributed by atoms with Crippen LogP contribution in [0.2, 0.25) is 0 Å². The Morgan fingerprint density at radius 2 is 1.45 bits per heavy atom. The standard InChI is InChI=1S/C7H12F4/c1-3-5(9)7(11)6(10)4(2)8/h4-7H,3H2,1-2H3/t4?,5?,6?,7-/m0/s1. The Hall–Kier alpha value is -0.280. The van der Waals surface area contributed by atoms with E-state index in [1.807, 2.05) is 0 Å². The van der Waals surface area contributed by atoms with Crippen LogP contribution >= 0.6 is 0 Å². The van der Waals surface area contributed by atoms with Gasteiger partial charge in [-0.2, -0.15) is 0 Å². The molecule has 0 aromatic heterocycles. The third kappa shape index (κ3) is 3.08. The molecule has 0 N–H and O–H groups in total. The fraction of sp³-hybridized carbons (Fsp3) is 1.00. The molecule has 0 rings (SSSR count). The van der Waals surface area contributed by atoms with Crippen molar-refractivity contribution in [1.29, 1.82) is 0 Å². The molecule has 0 radical (unpaired) electrons. The van der Waals surface area contributed by atoms with Crippen LogP contribution in [0.15, 0.2) is 0 Å². The maximum absolute atomic E-state index is 12.5. The summed E-state index contributed by atoms with van der Waals surface area (Å²) >= 11 is 0. The molecular weight excluding hydrogens is 160 g/mol. The summed E-state index contributed by atoms with van der Waals surface area (Å²) < 4.78 is 49.2. The summed E-state index contributed by atoms with van der Waals surface area (Å²) in [5.74, 6) is 0. The first-order valence-electron chi connectivity index (χ1n) is 3.57. The van der Waals surface area contributed by atoms with Crippen LogP contribution < -0.4 is 0 Å². The van der Waals surface area contributed by atoms with Crippen molar-refractivity contribution in [2.24, 2.45) is 0 Å². The first kappa shape index (κ1) is 10.7. The minimum Gasteiger partial charge on any atom is -0.244 e. The lowest BCUT2D eigenvalue weighted by Gasteiger charge is -2.16. The predicted molar refractivity (Wildman–Crippen MR) is 35.5 cm³/mol. The lowest BCUT2D eigenvalue weighted by Crippen LogP contribution is -2.33. The second-order valence-electron chi connectivity index (χ2n) is 2.49. The van der Waals surface area contributed by atoms with Gasteiger partial charge >= 0.3 is 0 Å². The van der Waals surface area contributed by atoms with Gasteiger partial charge in [0.15, 0.2) is 12.3 Å². The summed E-state index contributed by atoms with van der Waals surface area (Å²) in [6.07, 6.45) is -8.66. The molecule has 0 heterocycles. The molecule has 11 heavy (non-hydrogen) atoms. The van der Waals surface area contributed by atoms with Gasteiger partial charge in [-0.15, -0.1) is 0 Å². The molecule has 0 amide bonds. The van der Waals surface area contributed by atoms with Crippen molar-refractivity contribution in [2.75, 3.05) is 0 Å². The fourth-order valence-electron chi connectivity index (χ4n) is 0.678. The summed E-state index contributed by atoms with van der Waals surface area (Å²) in [7, 11) is 0. The first-order valence-corrected chi connectivity index (χ1v) is 3.57. The number of rotatable bonds is 4. The minimum atomic E-state index is -2.34. The van der Waals surface area contributed by atoms with Gasteiger partial charge in [0, 0.05) is 0 Å². The number of halogens is 4. The van der Waals surface area contributed by atoms with E-state index in [0.717, 1.165) is 6.92 Å². The van der Waals surface area contributed by atoms with Crippen molar-refractivity contribution >= 4 is 0 Å². The highest BCUT2D eigenvalue weighted by Crippen LogP contribution is 2.18. The maximum atomic E-state index is 12.5. The quantitative estimate of drug-likeness (QED) is 0.572. The van der Waals surface area contributed by atoms with E-state index in [4.69, 9.17) is 0 Å². The van der Waals surface area contributed by atoms with Gasteiger partial charge in [0.25, 0.3) is 0 Å². The van der Waals surface area contributed by atoms with Crippen LogP contribution in [0.4, 0.5) is 17.6 Å². The normalized spacial score (nSPS) is 22.4. The summed E-state index contributed by atoms with van der Waals surface area (Å²) in [5.41, 5.74) is 0. The van der Waals surface area contributed by atoms with E-state index in [2.05, 4.69) is 0 Å². The highest BCUT2D eigenvalue weighted by Gasteiger charge is 2.32. The van der Waals surface area contributed by atoms with Gasteiger partial charge in [-0.25, -0.2) is 17.6 Å².